The molecule has 2 aromatic rings. The Kier molecular flexibility index (Phi) is 4.02. The summed E-state index contributed by atoms with van der Waals surface area (Å²) in [6, 6.07) is 7.41. The summed E-state index contributed by atoms with van der Waals surface area (Å²) in [6.07, 6.45) is 1.86. The lowest BCUT2D eigenvalue weighted by Gasteiger charge is -2.26. The van der Waals surface area contributed by atoms with Gasteiger partial charge in [-0.25, -0.2) is 0 Å². The molecule has 0 radical (unpaired) electrons. The number of carbonyl (C=O) groups is 2. The van der Waals surface area contributed by atoms with Gasteiger partial charge in [0.1, 0.15) is 5.76 Å². The molecule has 0 aliphatic carbocycles. The monoisotopic (exact) mass is 318 g/mol. The van der Waals surface area contributed by atoms with Crippen LogP contribution in [0.2, 0.25) is 0 Å². The van der Waals surface area contributed by atoms with E-state index in [4.69, 9.17) is 4.42 Å². The fourth-order valence-corrected chi connectivity index (χ4v) is 3.87. The second kappa shape index (κ2) is 5.96. The van der Waals surface area contributed by atoms with Crippen molar-refractivity contribution in [2.24, 2.45) is 5.92 Å². The van der Waals surface area contributed by atoms with E-state index in [1.54, 1.807) is 47.6 Å². The van der Waals surface area contributed by atoms with Crippen molar-refractivity contribution >= 4 is 23.2 Å². The molecule has 22 heavy (non-hydrogen) atoms. The molecule has 0 aromatic carbocycles. The maximum absolute atomic E-state index is 12.8. The summed E-state index contributed by atoms with van der Waals surface area (Å²) in [5, 5.41) is 1.97. The highest BCUT2D eigenvalue weighted by Crippen LogP contribution is 2.39. The van der Waals surface area contributed by atoms with Gasteiger partial charge in [-0.05, 0) is 23.6 Å². The molecule has 2 atom stereocenters. The summed E-state index contributed by atoms with van der Waals surface area (Å²) in [5.41, 5.74) is 0. The van der Waals surface area contributed by atoms with E-state index >= 15 is 0 Å². The number of nitrogens with zero attached hydrogens (tertiary/aromatic N) is 2. The predicted molar refractivity (Wildman–Crippen MR) is 83.1 cm³/mol. The molecule has 3 rings (SSSR count). The van der Waals surface area contributed by atoms with Crippen LogP contribution in [0.3, 0.4) is 0 Å². The fraction of sp³-hybridized carbons (Fsp3) is 0.375. The molecule has 3 heterocycles. The highest BCUT2D eigenvalue weighted by atomic mass is 32.1. The lowest BCUT2D eigenvalue weighted by molar-refractivity contribution is -0.136. The van der Waals surface area contributed by atoms with E-state index in [-0.39, 0.29) is 30.2 Å². The molecule has 5 nitrogen and oxygen atoms in total. The van der Waals surface area contributed by atoms with Crippen LogP contribution in [0.25, 0.3) is 0 Å². The van der Waals surface area contributed by atoms with Crippen LogP contribution in [0, 0.1) is 5.92 Å². The number of furan rings is 1. The molecule has 1 fully saturated rings. The second-order valence-electron chi connectivity index (χ2n) is 5.55. The average molecular weight is 318 g/mol. The minimum atomic E-state index is -0.337. The van der Waals surface area contributed by atoms with Gasteiger partial charge in [-0.15, -0.1) is 11.3 Å². The Labute approximate surface area is 133 Å². The zero-order valence-electron chi connectivity index (χ0n) is 12.6. The van der Waals surface area contributed by atoms with E-state index < -0.39 is 0 Å². The number of carbonyl (C=O) groups excluding carboxylic acids is 2. The van der Waals surface area contributed by atoms with E-state index in [1.165, 1.54) is 0 Å². The van der Waals surface area contributed by atoms with Gasteiger partial charge >= 0.3 is 0 Å². The second-order valence-corrected chi connectivity index (χ2v) is 6.53. The average Bonchev–Trinajstić information content (AvgIpc) is 3.21. The van der Waals surface area contributed by atoms with Crippen LogP contribution in [0.1, 0.15) is 23.1 Å². The number of hydrogen-bond acceptors (Lipinski definition) is 4. The molecule has 1 aliphatic heterocycles. The van der Waals surface area contributed by atoms with Crippen LogP contribution in [0.5, 0.6) is 0 Å². The number of hydrogen-bond donors (Lipinski definition) is 0. The van der Waals surface area contributed by atoms with Gasteiger partial charge in [0.2, 0.25) is 11.8 Å². The van der Waals surface area contributed by atoms with E-state index in [9.17, 15) is 9.59 Å². The van der Waals surface area contributed by atoms with E-state index in [2.05, 4.69) is 0 Å². The standard InChI is InChI=1S/C16H18N2O3S/c1-17(10-11-5-3-7-21-11)16(20)12-9-14(19)18(2)15(12)13-6-4-8-22-13/h3-8,12,15H,9-10H2,1-2H3/t12-,15+/m0/s1. The first-order valence-electron chi connectivity index (χ1n) is 7.14. The zero-order chi connectivity index (χ0) is 15.7. The molecule has 0 bridgehead atoms. The van der Waals surface area contributed by atoms with Crippen LogP contribution in [0.4, 0.5) is 0 Å². The molecule has 116 valence electrons. The van der Waals surface area contributed by atoms with Crippen LogP contribution >= 0.6 is 11.3 Å². The molecular weight excluding hydrogens is 300 g/mol. The molecule has 0 spiro atoms. The quantitative estimate of drug-likeness (QED) is 0.870. The molecule has 0 saturated carbocycles. The lowest BCUT2D eigenvalue weighted by Crippen LogP contribution is -2.35. The highest BCUT2D eigenvalue weighted by Gasteiger charge is 2.44. The maximum atomic E-state index is 12.8. The van der Waals surface area contributed by atoms with Gasteiger partial charge < -0.3 is 14.2 Å². The van der Waals surface area contributed by atoms with Crippen molar-refractivity contribution < 1.29 is 14.0 Å². The van der Waals surface area contributed by atoms with Crippen LogP contribution in [-0.2, 0) is 16.1 Å². The number of amides is 2. The Morgan fingerprint density at radius 2 is 2.27 bits per heavy atom. The van der Waals surface area contributed by atoms with Crippen molar-refractivity contribution in [3.8, 4) is 0 Å². The Morgan fingerprint density at radius 1 is 1.45 bits per heavy atom. The molecule has 0 N–H and O–H groups in total. The number of thiophene rings is 1. The maximum Gasteiger partial charge on any atom is 0.228 e. The first-order chi connectivity index (χ1) is 10.6. The molecule has 2 amide bonds. The normalized spacial score (nSPS) is 21.4. The van der Waals surface area contributed by atoms with Gasteiger partial charge in [-0.1, -0.05) is 6.07 Å². The van der Waals surface area contributed by atoms with Crippen LogP contribution < -0.4 is 0 Å². The highest BCUT2D eigenvalue weighted by molar-refractivity contribution is 7.10. The first kappa shape index (κ1) is 14.8. The largest absolute Gasteiger partial charge is 0.467 e. The lowest BCUT2D eigenvalue weighted by atomic mass is 9.97. The van der Waals surface area contributed by atoms with Gasteiger partial charge in [0.25, 0.3) is 0 Å². The molecule has 1 aliphatic rings. The molecule has 2 aromatic heterocycles. The van der Waals surface area contributed by atoms with Gasteiger partial charge in [-0.3, -0.25) is 9.59 Å². The summed E-state index contributed by atoms with van der Waals surface area (Å²) < 4.78 is 5.29. The molecule has 0 unspecified atom stereocenters. The SMILES string of the molecule is CN(Cc1ccco1)C(=O)[C@H]1CC(=O)N(C)[C@H]1c1cccs1. The summed E-state index contributed by atoms with van der Waals surface area (Å²) in [5.74, 6) is 0.396. The van der Waals surface area contributed by atoms with E-state index in [0.717, 1.165) is 10.6 Å². The van der Waals surface area contributed by atoms with Crippen molar-refractivity contribution in [1.82, 2.24) is 9.80 Å². The smallest absolute Gasteiger partial charge is 0.228 e. The fourth-order valence-electron chi connectivity index (χ4n) is 2.94. The molecular formula is C16H18N2O3S. The zero-order valence-corrected chi connectivity index (χ0v) is 13.4. The Hall–Kier alpha value is -2.08. The minimum Gasteiger partial charge on any atom is -0.467 e. The molecule has 1 saturated heterocycles. The van der Waals surface area contributed by atoms with Crippen molar-refractivity contribution in [3.63, 3.8) is 0 Å². The van der Waals surface area contributed by atoms with Crippen LogP contribution in [0.15, 0.2) is 40.3 Å². The summed E-state index contributed by atoms with van der Waals surface area (Å²) >= 11 is 1.58. The minimum absolute atomic E-state index is 0.0168. The Balaban J connectivity index is 1.79. The summed E-state index contributed by atoms with van der Waals surface area (Å²) in [7, 11) is 3.52. The molecule has 6 heteroatoms. The van der Waals surface area contributed by atoms with Crippen molar-refractivity contribution in [3.05, 3.63) is 46.5 Å². The van der Waals surface area contributed by atoms with Gasteiger partial charge in [0.15, 0.2) is 0 Å². The van der Waals surface area contributed by atoms with Crippen molar-refractivity contribution in [1.29, 1.82) is 0 Å². The number of rotatable bonds is 4. The third-order valence-corrected chi connectivity index (χ3v) is 5.03. The first-order valence-corrected chi connectivity index (χ1v) is 8.02. The van der Waals surface area contributed by atoms with Gasteiger partial charge in [0.05, 0.1) is 24.8 Å². The summed E-state index contributed by atoms with van der Waals surface area (Å²) in [4.78, 5) is 29.2. The number of likely N-dealkylation sites (tertiary alicyclic amines) is 1. The Morgan fingerprint density at radius 3 is 2.91 bits per heavy atom. The third-order valence-electron chi connectivity index (χ3n) is 4.09. The van der Waals surface area contributed by atoms with E-state index in [0.29, 0.717) is 6.54 Å². The van der Waals surface area contributed by atoms with Gasteiger partial charge in [0, 0.05) is 25.4 Å². The van der Waals surface area contributed by atoms with E-state index in [1.807, 2.05) is 23.6 Å². The third kappa shape index (κ3) is 2.66. The van der Waals surface area contributed by atoms with Crippen LogP contribution in [-0.4, -0.2) is 35.7 Å². The Bertz CT molecular complexity index is 651. The van der Waals surface area contributed by atoms with Crippen molar-refractivity contribution in [2.75, 3.05) is 14.1 Å². The summed E-state index contributed by atoms with van der Waals surface area (Å²) in [6.45, 7) is 0.414. The van der Waals surface area contributed by atoms with Gasteiger partial charge in [-0.2, -0.15) is 0 Å². The predicted octanol–water partition coefficient (Wildman–Crippen LogP) is 2.52. The topological polar surface area (TPSA) is 53.8 Å². The van der Waals surface area contributed by atoms with Crippen molar-refractivity contribution in [2.45, 2.75) is 19.0 Å².